The van der Waals surface area contributed by atoms with E-state index in [0.717, 1.165) is 31.4 Å². The zero-order chi connectivity index (χ0) is 24.9. The van der Waals surface area contributed by atoms with E-state index in [-0.39, 0.29) is 29.6 Å². The number of carbonyl (C=O) groups is 2. The molecule has 2 aliphatic heterocycles. The van der Waals surface area contributed by atoms with Gasteiger partial charge in [0.2, 0.25) is 0 Å². The van der Waals surface area contributed by atoms with Gasteiger partial charge in [-0.1, -0.05) is 42.5 Å². The lowest BCUT2D eigenvalue weighted by Crippen LogP contribution is -2.48. The molecular formula is C26H27F3N4O2. The van der Waals surface area contributed by atoms with Crippen LogP contribution in [0.2, 0.25) is 0 Å². The fourth-order valence-electron chi connectivity index (χ4n) is 6.03. The van der Waals surface area contributed by atoms with Crippen molar-refractivity contribution in [3.8, 4) is 0 Å². The average Bonchev–Trinajstić information content (AvgIpc) is 3.52. The molecule has 3 unspecified atom stereocenters. The Bertz CT molecular complexity index is 1170. The van der Waals surface area contributed by atoms with Crippen LogP contribution < -0.4 is 5.32 Å². The molecule has 1 saturated carbocycles. The van der Waals surface area contributed by atoms with Crippen LogP contribution in [0.5, 0.6) is 0 Å². The molecule has 0 aromatic heterocycles. The zero-order valence-electron chi connectivity index (χ0n) is 19.3. The number of amides is 2. The number of nitrogens with one attached hydrogen (secondary N) is 2. The third-order valence-electron chi connectivity index (χ3n) is 7.76. The van der Waals surface area contributed by atoms with Crippen LogP contribution in [0.3, 0.4) is 0 Å². The minimum absolute atomic E-state index is 0.0568. The number of amidine groups is 1. The summed E-state index contributed by atoms with van der Waals surface area (Å²) in [5.74, 6) is -2.52. The first kappa shape index (κ1) is 23.5. The number of halogens is 3. The van der Waals surface area contributed by atoms with E-state index in [2.05, 4.69) is 24.0 Å². The van der Waals surface area contributed by atoms with Gasteiger partial charge in [0.15, 0.2) is 0 Å². The van der Waals surface area contributed by atoms with Gasteiger partial charge in [0.05, 0.1) is 0 Å². The van der Waals surface area contributed by atoms with Gasteiger partial charge in [0.1, 0.15) is 5.84 Å². The highest BCUT2D eigenvalue weighted by Crippen LogP contribution is 2.45. The highest BCUT2D eigenvalue weighted by atomic mass is 19.4. The molecule has 5 rings (SSSR count). The molecule has 1 aliphatic carbocycles. The lowest BCUT2D eigenvalue weighted by atomic mass is 10.00. The molecule has 2 amide bonds. The van der Waals surface area contributed by atoms with Crippen LogP contribution in [0.25, 0.3) is 0 Å². The number of hydrogen-bond donors (Lipinski definition) is 2. The maximum absolute atomic E-state index is 13.4. The van der Waals surface area contributed by atoms with Crippen LogP contribution in [-0.4, -0.2) is 52.3 Å². The average molecular weight is 485 g/mol. The molecule has 2 heterocycles. The Morgan fingerprint density at radius 3 is 2.57 bits per heavy atom. The van der Waals surface area contributed by atoms with Gasteiger partial charge in [0, 0.05) is 35.8 Å². The molecule has 0 radical (unpaired) electrons. The summed E-state index contributed by atoms with van der Waals surface area (Å²) in [6, 6.07) is 15.5. The molecule has 4 atom stereocenters. The SMILES string of the molecule is C[C@H](c1ccccc1)N1CCC2CCC(N3Cc4ccc(C(=N)NC(=O)C(F)(F)F)cc4C3=O)C21. The predicted octanol–water partition coefficient (Wildman–Crippen LogP) is 4.26. The summed E-state index contributed by atoms with van der Waals surface area (Å²) in [7, 11) is 0. The number of hydrogen-bond acceptors (Lipinski definition) is 4. The second-order valence-electron chi connectivity index (χ2n) is 9.64. The van der Waals surface area contributed by atoms with Crippen LogP contribution in [0, 0.1) is 11.3 Å². The van der Waals surface area contributed by atoms with Crippen molar-refractivity contribution >= 4 is 17.6 Å². The minimum Gasteiger partial charge on any atom is -0.330 e. The molecule has 184 valence electrons. The molecule has 3 aliphatic rings. The van der Waals surface area contributed by atoms with E-state index in [4.69, 9.17) is 5.41 Å². The first-order valence-electron chi connectivity index (χ1n) is 11.9. The van der Waals surface area contributed by atoms with Crippen molar-refractivity contribution in [1.29, 1.82) is 5.41 Å². The smallest absolute Gasteiger partial charge is 0.330 e. The zero-order valence-corrected chi connectivity index (χ0v) is 19.3. The third kappa shape index (κ3) is 4.22. The number of fused-ring (bicyclic) bond motifs is 2. The number of carbonyl (C=O) groups excluding carboxylic acids is 2. The molecule has 0 bridgehead atoms. The quantitative estimate of drug-likeness (QED) is 0.503. The van der Waals surface area contributed by atoms with Gasteiger partial charge in [-0.2, -0.15) is 13.2 Å². The van der Waals surface area contributed by atoms with Gasteiger partial charge in [-0.25, -0.2) is 0 Å². The Morgan fingerprint density at radius 1 is 1.11 bits per heavy atom. The number of likely N-dealkylation sites (tertiary alicyclic amines) is 1. The fourth-order valence-corrected chi connectivity index (χ4v) is 6.03. The molecule has 6 nitrogen and oxygen atoms in total. The van der Waals surface area contributed by atoms with E-state index in [1.807, 2.05) is 23.1 Å². The standard InChI is InChI=1S/C26H27F3N4O2/c1-15(16-5-3-2-4-6-16)32-12-11-17-9-10-21(22(17)32)33-14-19-8-7-18(13-20(19)24(33)34)23(30)31-25(35)26(27,28)29/h2-8,13,15,17,21-22H,9-12,14H2,1H3,(H2,30,31,35)/t15-,17?,21?,22?/m1/s1. The first-order valence-corrected chi connectivity index (χ1v) is 11.9. The molecule has 2 fully saturated rings. The molecule has 1 saturated heterocycles. The van der Waals surface area contributed by atoms with Crippen LogP contribution in [0.15, 0.2) is 48.5 Å². The maximum atomic E-state index is 13.4. The van der Waals surface area contributed by atoms with Crippen molar-refractivity contribution in [3.05, 3.63) is 70.8 Å². The molecule has 2 aromatic rings. The highest BCUT2D eigenvalue weighted by Gasteiger charge is 2.50. The highest BCUT2D eigenvalue weighted by molar-refractivity contribution is 6.09. The number of benzene rings is 2. The van der Waals surface area contributed by atoms with Crippen LogP contribution in [-0.2, 0) is 11.3 Å². The van der Waals surface area contributed by atoms with Crippen molar-refractivity contribution in [2.24, 2.45) is 5.92 Å². The van der Waals surface area contributed by atoms with E-state index in [1.165, 1.54) is 17.7 Å². The van der Waals surface area contributed by atoms with Gasteiger partial charge >= 0.3 is 12.1 Å². The predicted molar refractivity (Wildman–Crippen MR) is 124 cm³/mol. The first-order chi connectivity index (χ1) is 16.6. The lowest BCUT2D eigenvalue weighted by Gasteiger charge is -2.38. The number of alkyl halides is 3. The molecule has 2 aromatic carbocycles. The van der Waals surface area contributed by atoms with Gasteiger partial charge in [-0.3, -0.25) is 19.9 Å². The van der Waals surface area contributed by atoms with E-state index in [9.17, 15) is 22.8 Å². The topological polar surface area (TPSA) is 76.5 Å². The van der Waals surface area contributed by atoms with Crippen LogP contribution >= 0.6 is 0 Å². The van der Waals surface area contributed by atoms with Crippen molar-refractivity contribution in [1.82, 2.24) is 15.1 Å². The van der Waals surface area contributed by atoms with E-state index >= 15 is 0 Å². The lowest BCUT2D eigenvalue weighted by molar-refractivity contribution is -0.171. The largest absolute Gasteiger partial charge is 0.471 e. The second kappa shape index (κ2) is 8.78. The Balaban J connectivity index is 1.34. The van der Waals surface area contributed by atoms with Gasteiger partial charge in [-0.05, 0) is 55.8 Å². The summed E-state index contributed by atoms with van der Waals surface area (Å²) in [5, 5.41) is 9.43. The molecule has 2 N–H and O–H groups in total. The number of rotatable bonds is 4. The van der Waals surface area contributed by atoms with E-state index < -0.39 is 17.9 Å². The Hall–Kier alpha value is -3.20. The molecule has 0 spiro atoms. The summed E-state index contributed by atoms with van der Waals surface area (Å²) >= 11 is 0. The van der Waals surface area contributed by atoms with E-state index in [1.54, 1.807) is 11.4 Å². The van der Waals surface area contributed by atoms with Crippen molar-refractivity contribution in [2.45, 2.75) is 57.0 Å². The van der Waals surface area contributed by atoms with Gasteiger partial charge in [-0.15, -0.1) is 0 Å². The fraction of sp³-hybridized carbons (Fsp3) is 0.423. The van der Waals surface area contributed by atoms with Crippen LogP contribution in [0.1, 0.15) is 59.3 Å². The van der Waals surface area contributed by atoms with Crippen LogP contribution in [0.4, 0.5) is 13.2 Å². The Kier molecular flexibility index (Phi) is 5.91. The van der Waals surface area contributed by atoms with Crippen molar-refractivity contribution in [3.63, 3.8) is 0 Å². The van der Waals surface area contributed by atoms with Gasteiger partial charge < -0.3 is 10.2 Å². The monoisotopic (exact) mass is 484 g/mol. The Labute approximate surface area is 201 Å². The second-order valence-corrected chi connectivity index (χ2v) is 9.64. The minimum atomic E-state index is -5.08. The third-order valence-corrected chi connectivity index (χ3v) is 7.76. The molecule has 35 heavy (non-hydrogen) atoms. The summed E-state index contributed by atoms with van der Waals surface area (Å²) in [4.78, 5) is 29.1. The maximum Gasteiger partial charge on any atom is 0.471 e. The Morgan fingerprint density at radius 2 is 1.86 bits per heavy atom. The summed E-state index contributed by atoms with van der Waals surface area (Å²) in [6.07, 6.45) is -2.00. The summed E-state index contributed by atoms with van der Waals surface area (Å²) in [5.41, 5.74) is 2.50. The summed E-state index contributed by atoms with van der Waals surface area (Å²) < 4.78 is 37.7. The van der Waals surface area contributed by atoms with E-state index in [0.29, 0.717) is 18.0 Å². The van der Waals surface area contributed by atoms with Crippen molar-refractivity contribution < 1.29 is 22.8 Å². The van der Waals surface area contributed by atoms with Gasteiger partial charge in [0.25, 0.3) is 5.91 Å². The summed E-state index contributed by atoms with van der Waals surface area (Å²) in [6.45, 7) is 3.63. The number of nitrogens with zero attached hydrogens (tertiary/aromatic N) is 2. The van der Waals surface area contributed by atoms with Crippen molar-refractivity contribution in [2.75, 3.05) is 6.54 Å². The molecular weight excluding hydrogens is 457 g/mol. The normalized spacial score (nSPS) is 24.9. The molecule has 9 heteroatoms.